The van der Waals surface area contributed by atoms with Crippen LogP contribution in [0.4, 0.5) is 0 Å². The minimum Gasteiger partial charge on any atom is -0.337 e. The van der Waals surface area contributed by atoms with Gasteiger partial charge in [-0.2, -0.15) is 4.98 Å². The summed E-state index contributed by atoms with van der Waals surface area (Å²) in [5.74, 6) is 1.32. The van der Waals surface area contributed by atoms with Crippen LogP contribution in [0.15, 0.2) is 46.4 Å². The summed E-state index contributed by atoms with van der Waals surface area (Å²) < 4.78 is 29.2. The molecule has 0 aliphatic carbocycles. The van der Waals surface area contributed by atoms with Crippen LogP contribution in [0.1, 0.15) is 17.2 Å². The molecule has 1 aliphatic heterocycles. The second-order valence-corrected chi connectivity index (χ2v) is 9.53. The highest BCUT2D eigenvalue weighted by atomic mass is 32.2. The fraction of sp³-hybridized carbons (Fsp3) is 0.353. The molecule has 0 unspecified atom stereocenters. The molecule has 26 heavy (non-hydrogen) atoms. The molecular weight excluding hydrogens is 372 g/mol. The van der Waals surface area contributed by atoms with E-state index in [0.29, 0.717) is 36.9 Å². The van der Waals surface area contributed by atoms with Gasteiger partial charge in [-0.05, 0) is 30.0 Å². The fourth-order valence-electron chi connectivity index (χ4n) is 3.07. The molecule has 0 N–H and O–H groups in total. The molecular formula is C17H18N4O3S2. The number of pyridine rings is 1. The summed E-state index contributed by atoms with van der Waals surface area (Å²) >= 11 is 1.65. The maximum atomic E-state index is 11.9. The third-order valence-corrected chi connectivity index (χ3v) is 6.98. The van der Waals surface area contributed by atoms with Gasteiger partial charge in [0.1, 0.15) is 5.69 Å². The molecule has 0 spiro atoms. The highest BCUT2D eigenvalue weighted by molar-refractivity contribution is 7.91. The van der Waals surface area contributed by atoms with E-state index in [1.165, 1.54) is 4.88 Å². The molecule has 1 saturated heterocycles. The SMILES string of the molecule is O=S1(=O)CC[C@@H](N(Cc2nc(-c3ccccn3)no2)Cc2cccs2)C1. The highest BCUT2D eigenvalue weighted by Gasteiger charge is 2.33. The summed E-state index contributed by atoms with van der Waals surface area (Å²) in [5, 5.41) is 6.02. The molecule has 3 aromatic heterocycles. The van der Waals surface area contributed by atoms with E-state index >= 15 is 0 Å². The Balaban J connectivity index is 1.54. The van der Waals surface area contributed by atoms with Crippen LogP contribution in [-0.2, 0) is 22.9 Å². The summed E-state index contributed by atoms with van der Waals surface area (Å²) in [6, 6.07) is 9.52. The monoisotopic (exact) mass is 390 g/mol. The fourth-order valence-corrected chi connectivity index (χ4v) is 5.56. The van der Waals surface area contributed by atoms with Crippen LogP contribution in [0.3, 0.4) is 0 Å². The Kier molecular flexibility index (Phi) is 4.84. The Morgan fingerprint density at radius 2 is 2.15 bits per heavy atom. The summed E-state index contributed by atoms with van der Waals surface area (Å²) in [4.78, 5) is 11.9. The van der Waals surface area contributed by atoms with Gasteiger partial charge in [-0.25, -0.2) is 8.42 Å². The molecule has 1 atom stereocenters. The largest absolute Gasteiger partial charge is 0.337 e. The van der Waals surface area contributed by atoms with E-state index in [0.717, 1.165) is 0 Å². The molecule has 0 amide bonds. The Bertz CT molecular complexity index is 955. The molecule has 4 rings (SSSR count). The first-order chi connectivity index (χ1) is 12.6. The van der Waals surface area contributed by atoms with Crippen LogP contribution in [0.5, 0.6) is 0 Å². The Morgan fingerprint density at radius 3 is 2.85 bits per heavy atom. The maximum absolute atomic E-state index is 11.9. The van der Waals surface area contributed by atoms with Gasteiger partial charge in [0, 0.05) is 23.7 Å². The summed E-state index contributed by atoms with van der Waals surface area (Å²) in [5.41, 5.74) is 0.649. The van der Waals surface area contributed by atoms with Crippen molar-refractivity contribution >= 4 is 21.2 Å². The van der Waals surface area contributed by atoms with E-state index in [1.54, 1.807) is 17.5 Å². The Morgan fingerprint density at radius 1 is 1.23 bits per heavy atom. The van der Waals surface area contributed by atoms with Crippen LogP contribution in [0, 0.1) is 0 Å². The summed E-state index contributed by atoms with van der Waals surface area (Å²) in [6.45, 7) is 1.08. The van der Waals surface area contributed by atoms with Crippen molar-refractivity contribution in [2.24, 2.45) is 0 Å². The van der Waals surface area contributed by atoms with Gasteiger partial charge in [0.15, 0.2) is 9.84 Å². The van der Waals surface area contributed by atoms with E-state index in [9.17, 15) is 8.42 Å². The lowest BCUT2D eigenvalue weighted by Gasteiger charge is -2.25. The quantitative estimate of drug-likeness (QED) is 0.638. The van der Waals surface area contributed by atoms with Crippen LogP contribution in [0.25, 0.3) is 11.5 Å². The smallest absolute Gasteiger partial charge is 0.241 e. The van der Waals surface area contributed by atoms with Gasteiger partial charge in [-0.1, -0.05) is 17.3 Å². The van der Waals surface area contributed by atoms with Crippen molar-refractivity contribution in [1.82, 2.24) is 20.0 Å². The zero-order valence-corrected chi connectivity index (χ0v) is 15.6. The van der Waals surface area contributed by atoms with E-state index in [2.05, 4.69) is 20.0 Å². The third kappa shape index (κ3) is 4.00. The average molecular weight is 390 g/mol. The first-order valence-electron chi connectivity index (χ1n) is 8.30. The Labute approximate surface area is 155 Å². The molecule has 9 heteroatoms. The first-order valence-corrected chi connectivity index (χ1v) is 11.0. The van der Waals surface area contributed by atoms with Crippen LogP contribution in [-0.4, -0.2) is 46.0 Å². The van der Waals surface area contributed by atoms with Crippen molar-refractivity contribution in [1.29, 1.82) is 0 Å². The number of thiophene rings is 1. The van der Waals surface area contributed by atoms with E-state index in [4.69, 9.17) is 4.52 Å². The van der Waals surface area contributed by atoms with Crippen molar-refractivity contribution in [3.8, 4) is 11.5 Å². The highest BCUT2D eigenvalue weighted by Crippen LogP contribution is 2.24. The number of rotatable bonds is 6. The molecule has 0 aromatic carbocycles. The molecule has 7 nitrogen and oxygen atoms in total. The van der Waals surface area contributed by atoms with Gasteiger partial charge in [0.05, 0.1) is 18.1 Å². The molecule has 136 valence electrons. The Hall–Kier alpha value is -2.10. The van der Waals surface area contributed by atoms with Crippen molar-refractivity contribution in [3.63, 3.8) is 0 Å². The number of aromatic nitrogens is 3. The van der Waals surface area contributed by atoms with Crippen LogP contribution < -0.4 is 0 Å². The predicted molar refractivity (Wildman–Crippen MR) is 98.2 cm³/mol. The summed E-state index contributed by atoms with van der Waals surface area (Å²) in [7, 11) is -2.96. The van der Waals surface area contributed by atoms with Crippen molar-refractivity contribution < 1.29 is 12.9 Å². The zero-order chi connectivity index (χ0) is 18.0. The molecule has 1 fully saturated rings. The maximum Gasteiger partial charge on any atom is 0.241 e. The number of nitrogens with zero attached hydrogens (tertiary/aromatic N) is 4. The molecule has 0 bridgehead atoms. The topological polar surface area (TPSA) is 89.2 Å². The number of hydrogen-bond donors (Lipinski definition) is 0. The van der Waals surface area contributed by atoms with Gasteiger partial charge >= 0.3 is 0 Å². The van der Waals surface area contributed by atoms with Crippen molar-refractivity contribution in [3.05, 3.63) is 52.7 Å². The lowest BCUT2D eigenvalue weighted by molar-refractivity contribution is 0.170. The predicted octanol–water partition coefficient (Wildman–Crippen LogP) is 2.38. The van der Waals surface area contributed by atoms with E-state index in [-0.39, 0.29) is 17.5 Å². The van der Waals surface area contributed by atoms with Gasteiger partial charge < -0.3 is 4.52 Å². The van der Waals surface area contributed by atoms with Crippen molar-refractivity contribution in [2.45, 2.75) is 25.6 Å². The molecule has 4 heterocycles. The standard InChI is InChI=1S/C17H18N4O3S2/c22-26(23)9-6-13(12-26)21(10-14-4-3-8-25-14)11-16-19-17(20-24-16)15-5-1-2-7-18-15/h1-5,7-8,13H,6,9-12H2/t13-/m1/s1. The van der Waals surface area contributed by atoms with E-state index in [1.807, 2.05) is 35.7 Å². The van der Waals surface area contributed by atoms with Gasteiger partial charge in [-0.3, -0.25) is 9.88 Å². The zero-order valence-electron chi connectivity index (χ0n) is 14.0. The van der Waals surface area contributed by atoms with Gasteiger partial charge in [-0.15, -0.1) is 11.3 Å². The average Bonchev–Trinajstić information content (AvgIpc) is 3.36. The first kappa shape index (κ1) is 17.3. The number of sulfone groups is 1. The van der Waals surface area contributed by atoms with Crippen LogP contribution in [0.2, 0.25) is 0 Å². The summed E-state index contributed by atoms with van der Waals surface area (Å²) in [6.07, 6.45) is 2.31. The minimum absolute atomic E-state index is 0.0349. The van der Waals surface area contributed by atoms with Crippen LogP contribution >= 0.6 is 11.3 Å². The minimum atomic E-state index is -2.96. The normalized spacial score (nSPS) is 19.2. The van der Waals surface area contributed by atoms with Gasteiger partial charge in [0.25, 0.3) is 0 Å². The molecule has 1 aliphatic rings. The molecule has 0 radical (unpaired) electrons. The van der Waals surface area contributed by atoms with Gasteiger partial charge in [0.2, 0.25) is 11.7 Å². The lowest BCUT2D eigenvalue weighted by Crippen LogP contribution is -2.35. The van der Waals surface area contributed by atoms with E-state index < -0.39 is 9.84 Å². The third-order valence-electron chi connectivity index (χ3n) is 4.36. The second kappa shape index (κ2) is 7.26. The second-order valence-electron chi connectivity index (χ2n) is 6.27. The molecule has 0 saturated carbocycles. The molecule has 3 aromatic rings. The van der Waals surface area contributed by atoms with Crippen molar-refractivity contribution in [2.75, 3.05) is 11.5 Å². The number of hydrogen-bond acceptors (Lipinski definition) is 8. The lowest BCUT2D eigenvalue weighted by atomic mass is 10.2.